The molecule has 0 saturated carbocycles. The van der Waals surface area contributed by atoms with Gasteiger partial charge >= 0.3 is 25.7 Å². The minimum atomic E-state index is -4.73. The molecule has 0 aromatic rings. The molecule has 0 saturated heterocycles. The van der Waals surface area contributed by atoms with E-state index in [-0.39, 0.29) is 19.4 Å². The molecule has 0 aliphatic carbocycles. The number of carboxylic acids is 1. The monoisotopic (exact) mass is 810 g/mol. The minimum absolute atomic E-state index is 0.137. The number of hydrogen-bond donors (Lipinski definition) is 3. The van der Waals surface area contributed by atoms with Gasteiger partial charge in [0.15, 0.2) is 6.10 Å². The molecule has 0 aliphatic rings. The topological polar surface area (TPSA) is 172 Å². The molecule has 4 N–H and O–H groups in total. The van der Waals surface area contributed by atoms with Crippen LogP contribution >= 0.6 is 7.82 Å². The Morgan fingerprint density at radius 1 is 0.554 bits per heavy atom. The fourth-order valence-corrected chi connectivity index (χ4v) is 6.11. The Bertz CT molecular complexity index is 1180. The lowest BCUT2D eigenvalue weighted by atomic mass is 10.1. The van der Waals surface area contributed by atoms with Crippen molar-refractivity contribution in [2.75, 3.05) is 19.8 Å². The van der Waals surface area contributed by atoms with Crippen molar-refractivity contribution in [1.29, 1.82) is 0 Å². The van der Waals surface area contributed by atoms with Gasteiger partial charge in [0.25, 0.3) is 0 Å². The van der Waals surface area contributed by atoms with Gasteiger partial charge in [0.2, 0.25) is 0 Å². The van der Waals surface area contributed by atoms with Crippen LogP contribution in [0, 0.1) is 0 Å². The second-order valence-corrected chi connectivity index (χ2v) is 15.6. The summed E-state index contributed by atoms with van der Waals surface area (Å²) < 4.78 is 32.6. The highest BCUT2D eigenvalue weighted by Gasteiger charge is 2.28. The third-order valence-corrected chi connectivity index (χ3v) is 9.69. The first-order valence-corrected chi connectivity index (χ1v) is 22.8. The summed E-state index contributed by atoms with van der Waals surface area (Å²) >= 11 is 0. The van der Waals surface area contributed by atoms with Gasteiger partial charge in [-0.05, 0) is 83.5 Å². The Balaban J connectivity index is 4.45. The summed E-state index contributed by atoms with van der Waals surface area (Å²) in [4.78, 5) is 45.9. The zero-order chi connectivity index (χ0) is 41.4. The quantitative estimate of drug-likeness (QED) is 0.0233. The van der Waals surface area contributed by atoms with Gasteiger partial charge in [0, 0.05) is 12.8 Å². The largest absolute Gasteiger partial charge is 0.480 e. The van der Waals surface area contributed by atoms with Crippen LogP contribution in [0.5, 0.6) is 0 Å². The lowest BCUT2D eigenvalue weighted by molar-refractivity contribution is -0.161. The number of ether oxygens (including phenoxy) is 2. The Morgan fingerprint density at radius 2 is 0.946 bits per heavy atom. The van der Waals surface area contributed by atoms with E-state index in [9.17, 15) is 23.8 Å². The SMILES string of the molecule is CCCCC/C=C\C/C=C\C/C=C\CCCCCCC(=O)OC[C@H](COP(=O)(O)OC[C@H](N)C(=O)O)OC(=O)CCCCCCC/C=C\C/C=C\CCCCC. The predicted molar refractivity (Wildman–Crippen MR) is 226 cm³/mol. The summed E-state index contributed by atoms with van der Waals surface area (Å²) in [5.74, 6) is -2.43. The predicted octanol–water partition coefficient (Wildman–Crippen LogP) is 11.2. The smallest absolute Gasteiger partial charge is 0.472 e. The molecule has 1 unspecified atom stereocenters. The zero-order valence-electron chi connectivity index (χ0n) is 34.7. The molecule has 0 aromatic heterocycles. The fourth-order valence-electron chi connectivity index (χ4n) is 5.34. The molecular weight excluding hydrogens is 733 g/mol. The highest BCUT2D eigenvalue weighted by molar-refractivity contribution is 7.47. The van der Waals surface area contributed by atoms with E-state index in [1.165, 1.54) is 38.5 Å². The van der Waals surface area contributed by atoms with Crippen LogP contribution in [0.15, 0.2) is 60.8 Å². The van der Waals surface area contributed by atoms with Gasteiger partial charge in [-0.1, -0.05) is 132 Å². The van der Waals surface area contributed by atoms with Crippen LogP contribution < -0.4 is 5.73 Å². The van der Waals surface area contributed by atoms with Crippen LogP contribution in [0.3, 0.4) is 0 Å². The highest BCUT2D eigenvalue weighted by Crippen LogP contribution is 2.43. The molecule has 0 heterocycles. The minimum Gasteiger partial charge on any atom is -0.480 e. The maximum Gasteiger partial charge on any atom is 0.472 e. The average Bonchev–Trinajstić information content (AvgIpc) is 3.17. The van der Waals surface area contributed by atoms with Crippen LogP contribution in [0.25, 0.3) is 0 Å². The van der Waals surface area contributed by atoms with Crippen LogP contribution in [-0.2, 0) is 37.5 Å². The lowest BCUT2D eigenvalue weighted by Gasteiger charge is -2.20. The van der Waals surface area contributed by atoms with Crippen molar-refractivity contribution >= 4 is 25.7 Å². The third-order valence-electron chi connectivity index (χ3n) is 8.74. The maximum atomic E-state index is 12.6. The standard InChI is InChI=1S/C44H76NO10P/c1-3-5-7-9-11-13-15-17-19-20-22-23-25-27-29-31-33-35-42(46)52-37-40(38-53-56(50,51)54-39-41(45)44(48)49)55-43(47)36-34-32-30-28-26-24-21-18-16-14-12-10-8-6-4-2/h11-14,17-19,21-23,40-41H,3-10,15-16,20,24-39,45H2,1-2H3,(H,48,49)(H,50,51)/b13-11-,14-12-,19-17-,21-18-,23-22-/t40-,41+/m1/s1. The van der Waals surface area contributed by atoms with Crippen molar-refractivity contribution in [3.63, 3.8) is 0 Å². The Hall–Kier alpha value is -2.82. The second-order valence-electron chi connectivity index (χ2n) is 14.1. The number of phosphoric ester groups is 1. The molecule has 0 radical (unpaired) electrons. The number of carboxylic acid groups (broad SMARTS) is 1. The molecule has 0 aromatic carbocycles. The number of carbonyl (C=O) groups excluding carboxylic acids is 2. The maximum absolute atomic E-state index is 12.6. The summed E-state index contributed by atoms with van der Waals surface area (Å²) in [6.45, 7) is 2.70. The molecule has 0 bridgehead atoms. The van der Waals surface area contributed by atoms with Crippen molar-refractivity contribution in [1.82, 2.24) is 0 Å². The number of allylic oxidation sites excluding steroid dienone is 10. The number of aliphatic carboxylic acids is 1. The molecular formula is C44H76NO10P. The average molecular weight is 810 g/mol. The highest BCUT2D eigenvalue weighted by atomic mass is 31.2. The van der Waals surface area contributed by atoms with Gasteiger partial charge in [-0.2, -0.15) is 0 Å². The molecule has 3 atom stereocenters. The summed E-state index contributed by atoms with van der Waals surface area (Å²) in [5, 5.41) is 8.88. The normalized spacial score (nSPS) is 14.4. The molecule has 12 heteroatoms. The van der Waals surface area contributed by atoms with E-state index in [1.807, 2.05) is 0 Å². The Morgan fingerprint density at radius 3 is 1.41 bits per heavy atom. The van der Waals surface area contributed by atoms with E-state index in [2.05, 4.69) is 79.1 Å². The van der Waals surface area contributed by atoms with Gasteiger partial charge in [-0.25, -0.2) is 4.57 Å². The molecule has 322 valence electrons. The molecule has 0 rings (SSSR count). The van der Waals surface area contributed by atoms with Gasteiger partial charge in [0.1, 0.15) is 12.6 Å². The number of rotatable bonds is 39. The number of carbonyl (C=O) groups is 3. The first-order chi connectivity index (χ1) is 27.1. The first kappa shape index (κ1) is 53.2. The number of nitrogens with two attached hydrogens (primary N) is 1. The van der Waals surface area contributed by atoms with Crippen molar-refractivity contribution in [3.8, 4) is 0 Å². The van der Waals surface area contributed by atoms with E-state index in [1.54, 1.807) is 0 Å². The van der Waals surface area contributed by atoms with Crippen LogP contribution in [-0.4, -0.2) is 59.9 Å². The molecule has 0 aliphatic heterocycles. The zero-order valence-corrected chi connectivity index (χ0v) is 35.6. The van der Waals surface area contributed by atoms with Gasteiger partial charge in [-0.15, -0.1) is 0 Å². The fraction of sp³-hybridized carbons (Fsp3) is 0.705. The van der Waals surface area contributed by atoms with Crippen LogP contribution in [0.2, 0.25) is 0 Å². The molecule has 0 amide bonds. The summed E-state index contributed by atoms with van der Waals surface area (Å²) in [5.41, 5.74) is 5.33. The Labute approximate surface area is 338 Å². The van der Waals surface area contributed by atoms with E-state index >= 15 is 0 Å². The third kappa shape index (κ3) is 38.1. The van der Waals surface area contributed by atoms with Gasteiger partial charge in [-0.3, -0.25) is 23.4 Å². The van der Waals surface area contributed by atoms with E-state index in [0.29, 0.717) is 12.8 Å². The molecule has 0 spiro atoms. The Kier molecular flexibility index (Phi) is 37.1. The summed E-state index contributed by atoms with van der Waals surface area (Å²) in [7, 11) is -4.73. The van der Waals surface area contributed by atoms with Crippen molar-refractivity contribution in [2.24, 2.45) is 5.73 Å². The van der Waals surface area contributed by atoms with Crippen molar-refractivity contribution in [3.05, 3.63) is 60.8 Å². The van der Waals surface area contributed by atoms with Gasteiger partial charge < -0.3 is 25.2 Å². The number of unbranched alkanes of at least 4 members (excludes halogenated alkanes) is 15. The summed E-state index contributed by atoms with van der Waals surface area (Å²) in [6.07, 6.45) is 44.2. The number of hydrogen-bond acceptors (Lipinski definition) is 9. The number of phosphoric acid groups is 1. The van der Waals surface area contributed by atoms with E-state index < -0.39 is 51.1 Å². The number of esters is 2. The molecule has 11 nitrogen and oxygen atoms in total. The lowest BCUT2D eigenvalue weighted by Crippen LogP contribution is -2.34. The van der Waals surface area contributed by atoms with Crippen LogP contribution in [0.4, 0.5) is 0 Å². The van der Waals surface area contributed by atoms with E-state index in [4.69, 9.17) is 24.8 Å². The molecule has 0 fully saturated rings. The van der Waals surface area contributed by atoms with E-state index in [0.717, 1.165) is 89.9 Å². The summed E-state index contributed by atoms with van der Waals surface area (Å²) in [6, 6.07) is -1.53. The van der Waals surface area contributed by atoms with Gasteiger partial charge in [0.05, 0.1) is 13.2 Å². The van der Waals surface area contributed by atoms with Crippen LogP contribution in [0.1, 0.15) is 168 Å². The van der Waals surface area contributed by atoms with Crippen molar-refractivity contribution in [2.45, 2.75) is 180 Å². The molecule has 56 heavy (non-hydrogen) atoms. The van der Waals surface area contributed by atoms with Crippen molar-refractivity contribution < 1.29 is 47.5 Å². The first-order valence-electron chi connectivity index (χ1n) is 21.3. The second kappa shape index (κ2) is 39.0.